The van der Waals surface area contributed by atoms with Crippen LogP contribution in [0.3, 0.4) is 0 Å². The van der Waals surface area contributed by atoms with Crippen LogP contribution in [0.15, 0.2) is 18.3 Å². The number of nitrogens with zero attached hydrogens (tertiary/aromatic N) is 5. The van der Waals surface area contributed by atoms with Crippen LogP contribution >= 0.6 is 0 Å². The maximum atomic E-state index is 11.7. The van der Waals surface area contributed by atoms with E-state index in [4.69, 9.17) is 4.74 Å². The number of hydrogen-bond donors (Lipinski definition) is 2. The van der Waals surface area contributed by atoms with Crippen molar-refractivity contribution in [3.8, 4) is 11.6 Å². The maximum Gasteiger partial charge on any atom is 0.407 e. The van der Waals surface area contributed by atoms with Gasteiger partial charge in [0.1, 0.15) is 11.4 Å². The molecule has 0 bridgehead atoms. The Morgan fingerprint density at radius 3 is 2.85 bits per heavy atom. The molecular weight excluding hydrogens is 334 g/mol. The smallest absolute Gasteiger partial charge is 0.407 e. The van der Waals surface area contributed by atoms with Crippen LogP contribution < -0.4 is 5.32 Å². The first kappa shape index (κ1) is 17.8. The van der Waals surface area contributed by atoms with Crippen molar-refractivity contribution in [2.24, 2.45) is 0 Å². The number of aromatic amines is 1. The van der Waals surface area contributed by atoms with Crippen LogP contribution in [0.25, 0.3) is 22.8 Å². The molecule has 0 aliphatic rings. The van der Waals surface area contributed by atoms with E-state index in [1.165, 1.54) is 0 Å². The monoisotopic (exact) mass is 357 g/mol. The average Bonchev–Trinajstić information content (AvgIpc) is 3.16. The quantitative estimate of drug-likeness (QED) is 0.725. The number of fused-ring (bicyclic) bond motifs is 1. The third-order valence-corrected chi connectivity index (χ3v) is 3.63. The van der Waals surface area contributed by atoms with E-state index < -0.39 is 11.7 Å². The number of imidazole rings is 1. The van der Waals surface area contributed by atoms with Crippen molar-refractivity contribution in [3.05, 3.63) is 24.2 Å². The number of alkyl carbamates (subject to hydrolysis) is 1. The number of carbonyl (C=O) groups excluding carboxylic acids is 1. The number of carbonyl (C=O) groups is 1. The molecule has 0 saturated carbocycles. The number of ether oxygens (including phenoxy) is 1. The summed E-state index contributed by atoms with van der Waals surface area (Å²) in [4.78, 5) is 23.6. The van der Waals surface area contributed by atoms with Gasteiger partial charge in [0, 0.05) is 25.7 Å². The van der Waals surface area contributed by atoms with E-state index in [0.29, 0.717) is 36.8 Å². The first-order chi connectivity index (χ1) is 12.4. The molecule has 3 rings (SSSR count). The van der Waals surface area contributed by atoms with Crippen LogP contribution in [0.1, 0.15) is 33.5 Å². The number of aromatic nitrogens is 6. The van der Waals surface area contributed by atoms with Crippen LogP contribution in [-0.4, -0.2) is 48.0 Å². The fourth-order valence-electron chi connectivity index (χ4n) is 2.57. The fourth-order valence-corrected chi connectivity index (χ4v) is 2.57. The molecule has 1 amide bonds. The average molecular weight is 357 g/mol. The molecule has 26 heavy (non-hydrogen) atoms. The number of rotatable bonds is 5. The summed E-state index contributed by atoms with van der Waals surface area (Å²) in [5.74, 6) is 2.05. The van der Waals surface area contributed by atoms with Crippen LogP contribution in [0, 0.1) is 0 Å². The van der Waals surface area contributed by atoms with Crippen molar-refractivity contribution in [2.45, 2.75) is 46.3 Å². The molecule has 0 spiro atoms. The Balaban J connectivity index is 1.71. The molecule has 3 aromatic rings. The van der Waals surface area contributed by atoms with Crippen LogP contribution in [0.2, 0.25) is 0 Å². The predicted octanol–water partition coefficient (Wildman–Crippen LogP) is 2.30. The second-order valence-corrected chi connectivity index (χ2v) is 6.82. The topological polar surface area (TPSA) is 111 Å². The highest BCUT2D eigenvalue weighted by Gasteiger charge is 2.18. The van der Waals surface area contributed by atoms with Gasteiger partial charge in [0.05, 0.1) is 5.52 Å². The summed E-state index contributed by atoms with van der Waals surface area (Å²) in [6.07, 6.45) is 1.80. The number of nitrogens with one attached hydrogen (secondary N) is 2. The van der Waals surface area contributed by atoms with Crippen molar-refractivity contribution in [3.63, 3.8) is 0 Å². The standard InChI is InChI=1S/C17H23N7O2/c1-5-24-12(8-10-19-16(25)26-17(2,3)4)22-23-15(24)14-20-11-7-6-9-18-13(11)21-14/h6-7,9H,5,8,10H2,1-4H3,(H,19,25)(H,18,20,21). The minimum Gasteiger partial charge on any atom is -0.444 e. The van der Waals surface area contributed by atoms with Gasteiger partial charge in [-0.25, -0.2) is 14.8 Å². The van der Waals surface area contributed by atoms with E-state index in [1.807, 2.05) is 44.4 Å². The van der Waals surface area contributed by atoms with E-state index in [1.54, 1.807) is 6.20 Å². The minimum absolute atomic E-state index is 0.411. The second kappa shape index (κ2) is 7.11. The molecule has 3 heterocycles. The van der Waals surface area contributed by atoms with Gasteiger partial charge in [-0.3, -0.25) is 0 Å². The van der Waals surface area contributed by atoms with Crippen molar-refractivity contribution in [2.75, 3.05) is 6.54 Å². The third kappa shape index (κ3) is 3.98. The van der Waals surface area contributed by atoms with E-state index >= 15 is 0 Å². The summed E-state index contributed by atoms with van der Waals surface area (Å²) in [5.41, 5.74) is 0.971. The number of amides is 1. The van der Waals surface area contributed by atoms with Crippen LogP contribution in [-0.2, 0) is 17.7 Å². The first-order valence-corrected chi connectivity index (χ1v) is 8.57. The molecular formula is C17H23N7O2. The summed E-state index contributed by atoms with van der Waals surface area (Å²) < 4.78 is 7.19. The summed E-state index contributed by atoms with van der Waals surface area (Å²) in [6, 6.07) is 3.76. The van der Waals surface area contributed by atoms with E-state index in [2.05, 4.69) is 30.5 Å². The molecule has 0 aliphatic carbocycles. The fraction of sp³-hybridized carbons (Fsp3) is 0.471. The molecule has 0 saturated heterocycles. The molecule has 2 N–H and O–H groups in total. The van der Waals surface area contributed by atoms with Gasteiger partial charge < -0.3 is 19.6 Å². The highest BCUT2D eigenvalue weighted by atomic mass is 16.6. The van der Waals surface area contributed by atoms with E-state index in [0.717, 1.165) is 11.3 Å². The van der Waals surface area contributed by atoms with Gasteiger partial charge in [-0.1, -0.05) is 0 Å². The highest BCUT2D eigenvalue weighted by molar-refractivity contribution is 5.74. The summed E-state index contributed by atoms with van der Waals surface area (Å²) in [6.45, 7) is 8.60. The largest absolute Gasteiger partial charge is 0.444 e. The summed E-state index contributed by atoms with van der Waals surface area (Å²) in [7, 11) is 0. The molecule has 3 aromatic heterocycles. The van der Waals surface area contributed by atoms with Gasteiger partial charge in [0.25, 0.3) is 0 Å². The zero-order valence-electron chi connectivity index (χ0n) is 15.4. The van der Waals surface area contributed by atoms with Crippen molar-refractivity contribution in [1.82, 2.24) is 35.0 Å². The second-order valence-electron chi connectivity index (χ2n) is 6.82. The maximum absolute atomic E-state index is 11.7. The molecule has 0 aromatic carbocycles. The van der Waals surface area contributed by atoms with Gasteiger partial charge in [0.2, 0.25) is 0 Å². The minimum atomic E-state index is -0.518. The summed E-state index contributed by atoms with van der Waals surface area (Å²) >= 11 is 0. The van der Waals surface area contributed by atoms with Crippen LogP contribution in [0.4, 0.5) is 4.79 Å². The van der Waals surface area contributed by atoms with Gasteiger partial charge in [-0.15, -0.1) is 10.2 Å². The molecule has 9 heteroatoms. The molecule has 138 valence electrons. The third-order valence-electron chi connectivity index (χ3n) is 3.63. The zero-order chi connectivity index (χ0) is 18.7. The number of H-pyrrole nitrogens is 1. The Labute approximate surface area is 151 Å². The van der Waals surface area contributed by atoms with Gasteiger partial charge in [0.15, 0.2) is 17.3 Å². The van der Waals surface area contributed by atoms with Crippen molar-refractivity contribution < 1.29 is 9.53 Å². The lowest BCUT2D eigenvalue weighted by Gasteiger charge is -2.19. The SMILES string of the molecule is CCn1c(CCNC(=O)OC(C)(C)C)nnc1-c1nc2ncccc2[nH]1. The summed E-state index contributed by atoms with van der Waals surface area (Å²) in [5, 5.41) is 11.2. The Kier molecular flexibility index (Phi) is 4.88. The van der Waals surface area contributed by atoms with Gasteiger partial charge in [-0.05, 0) is 39.8 Å². The van der Waals surface area contributed by atoms with E-state index in [-0.39, 0.29) is 0 Å². The Bertz CT molecular complexity index is 874. The molecule has 0 atom stereocenters. The Hall–Kier alpha value is -2.97. The molecule has 0 fully saturated rings. The predicted molar refractivity (Wildman–Crippen MR) is 96.5 cm³/mol. The zero-order valence-corrected chi connectivity index (χ0v) is 15.4. The Morgan fingerprint density at radius 2 is 2.15 bits per heavy atom. The van der Waals surface area contributed by atoms with Crippen molar-refractivity contribution in [1.29, 1.82) is 0 Å². The van der Waals surface area contributed by atoms with Gasteiger partial charge in [-0.2, -0.15) is 0 Å². The Morgan fingerprint density at radius 1 is 1.35 bits per heavy atom. The van der Waals surface area contributed by atoms with Crippen molar-refractivity contribution >= 4 is 17.3 Å². The lowest BCUT2D eigenvalue weighted by Crippen LogP contribution is -2.33. The lowest BCUT2D eigenvalue weighted by atomic mass is 10.2. The molecule has 0 radical (unpaired) electrons. The molecule has 0 aliphatic heterocycles. The normalized spacial score (nSPS) is 11.7. The highest BCUT2D eigenvalue weighted by Crippen LogP contribution is 2.18. The number of pyridine rings is 1. The van der Waals surface area contributed by atoms with E-state index in [9.17, 15) is 4.79 Å². The van der Waals surface area contributed by atoms with Gasteiger partial charge >= 0.3 is 6.09 Å². The molecule has 9 nitrogen and oxygen atoms in total. The molecule has 0 unspecified atom stereocenters. The van der Waals surface area contributed by atoms with Crippen LogP contribution in [0.5, 0.6) is 0 Å². The lowest BCUT2D eigenvalue weighted by molar-refractivity contribution is 0.0528. The first-order valence-electron chi connectivity index (χ1n) is 8.57. The number of hydrogen-bond acceptors (Lipinski definition) is 6.